The van der Waals surface area contributed by atoms with E-state index in [2.05, 4.69) is 15.1 Å². The molecular weight excluding hydrogens is 318 g/mol. The molecule has 1 fully saturated rings. The minimum Gasteiger partial charge on any atom is -0.367 e. The molecule has 25 heavy (non-hydrogen) atoms. The van der Waals surface area contributed by atoms with Crippen molar-refractivity contribution in [3.8, 4) is 0 Å². The average Bonchev–Trinajstić information content (AvgIpc) is 3.26. The number of imidazole rings is 1. The summed E-state index contributed by atoms with van der Waals surface area (Å²) in [6.07, 6.45) is 3.86. The third-order valence-electron chi connectivity index (χ3n) is 4.54. The Morgan fingerprint density at radius 1 is 1.36 bits per heavy atom. The summed E-state index contributed by atoms with van der Waals surface area (Å²) in [6, 6.07) is 8.03. The first kappa shape index (κ1) is 15.8. The van der Waals surface area contributed by atoms with E-state index in [4.69, 9.17) is 4.74 Å². The van der Waals surface area contributed by atoms with Gasteiger partial charge in [0.25, 0.3) is 0 Å². The fourth-order valence-corrected chi connectivity index (χ4v) is 3.20. The molecule has 4 rings (SSSR count). The minimum atomic E-state index is -0.183. The van der Waals surface area contributed by atoms with E-state index < -0.39 is 0 Å². The highest BCUT2D eigenvalue weighted by molar-refractivity contribution is 5.79. The van der Waals surface area contributed by atoms with E-state index in [1.54, 1.807) is 6.20 Å². The van der Waals surface area contributed by atoms with Gasteiger partial charge in [-0.05, 0) is 13.0 Å². The van der Waals surface area contributed by atoms with Gasteiger partial charge in [-0.2, -0.15) is 5.10 Å². The highest BCUT2D eigenvalue weighted by Crippen LogP contribution is 2.20. The predicted molar refractivity (Wildman–Crippen MR) is 92.9 cm³/mol. The maximum absolute atomic E-state index is 12.6. The smallest absolute Gasteiger partial charge is 0.224 e. The zero-order valence-corrected chi connectivity index (χ0v) is 14.2. The first-order valence-corrected chi connectivity index (χ1v) is 8.52. The topological polar surface area (TPSA) is 76.0 Å². The molecule has 7 nitrogen and oxygen atoms in total. The second-order valence-corrected chi connectivity index (χ2v) is 6.33. The van der Waals surface area contributed by atoms with Crippen LogP contribution in [-0.2, 0) is 16.1 Å². The molecule has 0 saturated carbocycles. The molecule has 1 N–H and O–H groups in total. The van der Waals surface area contributed by atoms with Crippen molar-refractivity contribution in [3.63, 3.8) is 0 Å². The standard InChI is InChI=1S/C18H21N5O2/c1-13-10-19-18(21-13)16-12-22(8-9-25-16)17(24)6-7-23-15-5-3-2-4-14(15)11-20-23/h2-5,10-11,16H,6-9,12H2,1H3,(H,19,21). The van der Waals surface area contributed by atoms with Crippen molar-refractivity contribution in [1.82, 2.24) is 24.6 Å². The summed E-state index contributed by atoms with van der Waals surface area (Å²) in [5, 5.41) is 5.48. The van der Waals surface area contributed by atoms with Crippen molar-refractivity contribution in [1.29, 1.82) is 0 Å². The van der Waals surface area contributed by atoms with Crippen molar-refractivity contribution in [2.45, 2.75) is 26.0 Å². The summed E-state index contributed by atoms with van der Waals surface area (Å²) in [5.41, 5.74) is 2.05. The van der Waals surface area contributed by atoms with Gasteiger partial charge in [-0.1, -0.05) is 18.2 Å². The zero-order valence-electron chi connectivity index (χ0n) is 14.2. The van der Waals surface area contributed by atoms with Crippen molar-refractivity contribution >= 4 is 16.8 Å². The average molecular weight is 339 g/mol. The Morgan fingerprint density at radius 3 is 3.08 bits per heavy atom. The van der Waals surface area contributed by atoms with Crippen LogP contribution in [0.15, 0.2) is 36.7 Å². The molecule has 0 bridgehead atoms. The third kappa shape index (κ3) is 3.28. The lowest BCUT2D eigenvalue weighted by Gasteiger charge is -2.32. The number of para-hydroxylation sites is 1. The normalized spacial score (nSPS) is 18.0. The number of fused-ring (bicyclic) bond motifs is 1. The molecule has 1 atom stereocenters. The van der Waals surface area contributed by atoms with Gasteiger partial charge in [0, 0.05) is 30.2 Å². The Bertz CT molecular complexity index is 884. The number of benzene rings is 1. The Kier molecular flexibility index (Phi) is 4.23. The molecule has 3 heterocycles. The number of hydrogen-bond donors (Lipinski definition) is 1. The molecule has 1 unspecified atom stereocenters. The van der Waals surface area contributed by atoms with Crippen LogP contribution < -0.4 is 0 Å². The molecule has 1 aromatic carbocycles. The van der Waals surface area contributed by atoms with Gasteiger partial charge in [-0.15, -0.1) is 0 Å². The molecule has 1 saturated heterocycles. The molecule has 7 heteroatoms. The third-order valence-corrected chi connectivity index (χ3v) is 4.54. The van der Waals surface area contributed by atoms with Gasteiger partial charge in [-0.3, -0.25) is 9.48 Å². The van der Waals surface area contributed by atoms with Gasteiger partial charge in [0.2, 0.25) is 5.91 Å². The lowest BCUT2D eigenvalue weighted by molar-refractivity contribution is -0.139. The summed E-state index contributed by atoms with van der Waals surface area (Å²) >= 11 is 0. The van der Waals surface area contributed by atoms with E-state index >= 15 is 0 Å². The highest BCUT2D eigenvalue weighted by atomic mass is 16.5. The SMILES string of the molecule is Cc1cnc(C2CN(C(=O)CCn3ncc4ccccc43)CCO2)[nH]1. The lowest BCUT2D eigenvalue weighted by atomic mass is 10.2. The molecule has 1 aliphatic heterocycles. The van der Waals surface area contributed by atoms with Crippen molar-refractivity contribution in [2.75, 3.05) is 19.7 Å². The van der Waals surface area contributed by atoms with E-state index in [1.807, 2.05) is 47.0 Å². The largest absolute Gasteiger partial charge is 0.367 e. The number of aromatic nitrogens is 4. The molecular formula is C18H21N5O2. The van der Waals surface area contributed by atoms with E-state index in [0.717, 1.165) is 22.4 Å². The number of carbonyl (C=O) groups is 1. The van der Waals surface area contributed by atoms with E-state index in [0.29, 0.717) is 32.7 Å². The molecule has 0 aliphatic carbocycles. The van der Waals surface area contributed by atoms with E-state index in [-0.39, 0.29) is 12.0 Å². The monoisotopic (exact) mass is 339 g/mol. The van der Waals surface area contributed by atoms with Crippen molar-refractivity contribution in [2.24, 2.45) is 0 Å². The predicted octanol–water partition coefficient (Wildman–Crippen LogP) is 2.06. The fraction of sp³-hybridized carbons (Fsp3) is 0.389. The van der Waals surface area contributed by atoms with Crippen LogP contribution in [0.5, 0.6) is 0 Å². The van der Waals surface area contributed by atoms with Crippen LogP contribution in [0.4, 0.5) is 0 Å². The Morgan fingerprint density at radius 2 is 2.24 bits per heavy atom. The Balaban J connectivity index is 1.39. The first-order valence-electron chi connectivity index (χ1n) is 8.52. The van der Waals surface area contributed by atoms with Gasteiger partial charge in [-0.25, -0.2) is 4.98 Å². The summed E-state index contributed by atoms with van der Waals surface area (Å²) in [6.45, 7) is 4.21. The van der Waals surface area contributed by atoms with Crippen molar-refractivity contribution in [3.05, 3.63) is 48.2 Å². The summed E-state index contributed by atoms with van der Waals surface area (Å²) in [4.78, 5) is 22.0. The Labute approximate surface area is 145 Å². The fourth-order valence-electron chi connectivity index (χ4n) is 3.20. The number of nitrogens with zero attached hydrogens (tertiary/aromatic N) is 4. The van der Waals surface area contributed by atoms with E-state index in [1.165, 1.54) is 0 Å². The number of nitrogens with one attached hydrogen (secondary N) is 1. The number of ether oxygens (including phenoxy) is 1. The molecule has 2 aromatic heterocycles. The van der Waals surface area contributed by atoms with E-state index in [9.17, 15) is 4.79 Å². The number of carbonyl (C=O) groups excluding carboxylic acids is 1. The first-order chi connectivity index (χ1) is 12.2. The van der Waals surface area contributed by atoms with Crippen LogP contribution in [-0.4, -0.2) is 50.3 Å². The maximum Gasteiger partial charge on any atom is 0.224 e. The van der Waals surface area contributed by atoms with Gasteiger partial charge in [0.05, 0.1) is 31.4 Å². The van der Waals surface area contributed by atoms with Gasteiger partial charge in [0.15, 0.2) is 0 Å². The number of amides is 1. The molecule has 3 aromatic rings. The molecule has 0 radical (unpaired) electrons. The van der Waals surface area contributed by atoms with Crippen LogP contribution in [0.3, 0.4) is 0 Å². The molecule has 130 valence electrons. The van der Waals surface area contributed by atoms with Crippen LogP contribution in [0.1, 0.15) is 24.0 Å². The van der Waals surface area contributed by atoms with Gasteiger partial charge >= 0.3 is 0 Å². The number of morpholine rings is 1. The summed E-state index contributed by atoms with van der Waals surface area (Å²) < 4.78 is 7.65. The van der Waals surface area contributed by atoms with Crippen LogP contribution in [0, 0.1) is 6.92 Å². The zero-order chi connectivity index (χ0) is 17.2. The van der Waals surface area contributed by atoms with Crippen LogP contribution in [0.2, 0.25) is 0 Å². The number of H-pyrrole nitrogens is 1. The number of aromatic amines is 1. The van der Waals surface area contributed by atoms with Crippen molar-refractivity contribution < 1.29 is 9.53 Å². The molecule has 1 aliphatic rings. The summed E-state index contributed by atoms with van der Waals surface area (Å²) in [5.74, 6) is 0.907. The van der Waals surface area contributed by atoms with Crippen LogP contribution in [0.25, 0.3) is 10.9 Å². The van der Waals surface area contributed by atoms with Crippen LogP contribution >= 0.6 is 0 Å². The number of rotatable bonds is 4. The summed E-state index contributed by atoms with van der Waals surface area (Å²) in [7, 11) is 0. The molecule has 0 spiro atoms. The number of hydrogen-bond acceptors (Lipinski definition) is 4. The number of aryl methyl sites for hydroxylation is 2. The second kappa shape index (κ2) is 6.68. The Hall–Kier alpha value is -2.67. The minimum absolute atomic E-state index is 0.121. The van der Waals surface area contributed by atoms with Gasteiger partial charge in [0.1, 0.15) is 11.9 Å². The quantitative estimate of drug-likeness (QED) is 0.789. The highest BCUT2D eigenvalue weighted by Gasteiger charge is 2.27. The lowest BCUT2D eigenvalue weighted by Crippen LogP contribution is -2.42. The molecule has 1 amide bonds. The van der Waals surface area contributed by atoms with Gasteiger partial charge < -0.3 is 14.6 Å². The maximum atomic E-state index is 12.6. The second-order valence-electron chi connectivity index (χ2n) is 6.33.